The predicted molar refractivity (Wildman–Crippen MR) is 157 cm³/mol. The summed E-state index contributed by atoms with van der Waals surface area (Å²) in [5.74, 6) is 0. The molecule has 222 valence electrons. The second kappa shape index (κ2) is 16.7. The summed E-state index contributed by atoms with van der Waals surface area (Å²) in [4.78, 5) is 9.49. The van der Waals surface area contributed by atoms with E-state index >= 15 is 0 Å². The van der Waals surface area contributed by atoms with Crippen molar-refractivity contribution in [2.45, 2.75) is 162 Å². The van der Waals surface area contributed by atoms with E-state index in [9.17, 15) is 10.2 Å². The summed E-state index contributed by atoms with van der Waals surface area (Å²) in [6, 6.07) is 4.48. The van der Waals surface area contributed by atoms with Gasteiger partial charge in [-0.15, -0.1) is 0 Å². The van der Waals surface area contributed by atoms with Crippen molar-refractivity contribution in [1.29, 1.82) is 0 Å². The smallest absolute Gasteiger partial charge is 0.0794 e. The molecule has 4 fully saturated rings. The Bertz CT molecular complexity index is 569. The van der Waals surface area contributed by atoms with Crippen molar-refractivity contribution in [3.63, 3.8) is 0 Å². The van der Waals surface area contributed by atoms with Crippen LogP contribution in [0.2, 0.25) is 0 Å². The van der Waals surface area contributed by atoms with Gasteiger partial charge < -0.3 is 15.3 Å². The van der Waals surface area contributed by atoms with Crippen LogP contribution in [0.5, 0.6) is 0 Å². The van der Waals surface area contributed by atoms with Crippen molar-refractivity contribution >= 4 is 0 Å². The Labute approximate surface area is 230 Å². The Morgan fingerprint density at radius 1 is 0.514 bits per heavy atom. The number of nitrogens with zero attached hydrogens (tertiary/aromatic N) is 4. The van der Waals surface area contributed by atoms with Crippen molar-refractivity contribution < 1.29 is 15.3 Å². The Morgan fingerprint density at radius 2 is 0.919 bits per heavy atom. The summed E-state index contributed by atoms with van der Waals surface area (Å²) in [6.45, 7) is 29.0. The van der Waals surface area contributed by atoms with E-state index in [1.54, 1.807) is 0 Å². The van der Waals surface area contributed by atoms with Gasteiger partial charge in [0.15, 0.2) is 0 Å². The van der Waals surface area contributed by atoms with Crippen LogP contribution in [0.15, 0.2) is 0 Å². The van der Waals surface area contributed by atoms with Crippen LogP contribution in [-0.2, 0) is 0 Å². The minimum atomic E-state index is -0.0857. The molecule has 5 atom stereocenters. The highest BCUT2D eigenvalue weighted by Gasteiger charge is 2.29. The van der Waals surface area contributed by atoms with Gasteiger partial charge in [0.2, 0.25) is 0 Å². The molecule has 4 heterocycles. The highest BCUT2D eigenvalue weighted by atomic mass is 16.3. The van der Waals surface area contributed by atoms with Gasteiger partial charge in [-0.1, -0.05) is 0 Å². The first-order chi connectivity index (χ1) is 17.1. The fourth-order valence-electron chi connectivity index (χ4n) is 6.13. The third kappa shape index (κ3) is 12.2. The van der Waals surface area contributed by atoms with E-state index in [0.717, 1.165) is 51.1 Å². The van der Waals surface area contributed by atoms with E-state index in [1.807, 2.05) is 0 Å². The van der Waals surface area contributed by atoms with Crippen LogP contribution in [0.25, 0.3) is 0 Å². The molecule has 0 bridgehead atoms. The van der Waals surface area contributed by atoms with Gasteiger partial charge in [-0.05, 0) is 108 Å². The zero-order valence-electron chi connectivity index (χ0n) is 26.3. The molecule has 4 aliphatic rings. The first-order valence-electron chi connectivity index (χ1n) is 15.2. The van der Waals surface area contributed by atoms with Crippen LogP contribution in [0.1, 0.15) is 102 Å². The maximum absolute atomic E-state index is 9.28. The molecule has 0 unspecified atom stereocenters. The van der Waals surface area contributed by atoms with Gasteiger partial charge in [0.1, 0.15) is 0 Å². The summed E-state index contributed by atoms with van der Waals surface area (Å²) in [5.41, 5.74) is 0. The Hall–Kier alpha value is -0.280. The Morgan fingerprint density at radius 3 is 1.05 bits per heavy atom. The van der Waals surface area contributed by atoms with Crippen molar-refractivity contribution in [1.82, 2.24) is 19.6 Å². The monoisotopic (exact) mass is 528 g/mol. The fourth-order valence-corrected chi connectivity index (χ4v) is 6.13. The van der Waals surface area contributed by atoms with Gasteiger partial charge >= 0.3 is 0 Å². The van der Waals surface area contributed by atoms with E-state index in [2.05, 4.69) is 95.8 Å². The second-order valence-corrected chi connectivity index (χ2v) is 13.1. The van der Waals surface area contributed by atoms with E-state index in [0.29, 0.717) is 30.2 Å². The van der Waals surface area contributed by atoms with Crippen LogP contribution >= 0.6 is 0 Å². The average molecular weight is 529 g/mol. The molecule has 0 radical (unpaired) electrons. The first kappa shape index (κ1) is 34.7. The summed E-state index contributed by atoms with van der Waals surface area (Å²) in [7, 11) is 0. The number of rotatable bonds is 4. The molecular formula is C30H64N4O3. The molecule has 37 heavy (non-hydrogen) atoms. The standard InChI is InChI=1S/2C8H17NO.C8H17N.C6H13NO/c2*1-6(2)9-5-8(10)4-7(9)3;1-7(2)9-6-4-5-8(9)3;1-5(2)7-3-6(8)4-7/h2*6-8,10H,4-5H2,1-3H3;7-8H,4-6H2,1-3H3;5-6,8H,3-4H2,1-2H3/t7-,8+;7-,8-;8-;/m011./s1. The average Bonchev–Trinajstić information content (AvgIpc) is 3.44. The number of aliphatic hydroxyl groups is 3. The van der Waals surface area contributed by atoms with E-state index in [4.69, 9.17) is 5.11 Å². The van der Waals surface area contributed by atoms with E-state index in [1.165, 1.54) is 19.4 Å². The zero-order valence-corrected chi connectivity index (χ0v) is 26.3. The fraction of sp³-hybridized carbons (Fsp3) is 1.00. The quantitative estimate of drug-likeness (QED) is 0.514. The van der Waals surface area contributed by atoms with Gasteiger partial charge in [-0.25, -0.2) is 0 Å². The number of hydrogen-bond acceptors (Lipinski definition) is 7. The second-order valence-electron chi connectivity index (χ2n) is 13.1. The van der Waals surface area contributed by atoms with Crippen LogP contribution in [0.4, 0.5) is 0 Å². The summed E-state index contributed by atoms with van der Waals surface area (Å²) < 4.78 is 0. The van der Waals surface area contributed by atoms with E-state index in [-0.39, 0.29) is 18.3 Å². The number of β-amino-alcohol motifs (C(OH)–C–C–N with tert-alkyl or cyclic N) is 3. The summed E-state index contributed by atoms with van der Waals surface area (Å²) in [5, 5.41) is 27.4. The molecule has 4 saturated heterocycles. The molecule has 7 heteroatoms. The molecule has 0 aliphatic carbocycles. The van der Waals surface area contributed by atoms with Crippen molar-refractivity contribution in [2.75, 3.05) is 32.7 Å². The lowest BCUT2D eigenvalue weighted by atomic mass is 10.1. The molecule has 0 aromatic carbocycles. The van der Waals surface area contributed by atoms with Gasteiger partial charge in [-0.3, -0.25) is 19.6 Å². The maximum atomic E-state index is 9.28. The van der Waals surface area contributed by atoms with Crippen molar-refractivity contribution in [3.8, 4) is 0 Å². The van der Waals surface area contributed by atoms with Crippen LogP contribution in [0.3, 0.4) is 0 Å². The highest BCUT2D eigenvalue weighted by molar-refractivity contribution is 4.84. The molecule has 0 aromatic rings. The minimum Gasteiger partial charge on any atom is -0.392 e. The zero-order chi connectivity index (χ0) is 28.4. The molecule has 0 amide bonds. The normalized spacial score (nSPS) is 31.8. The predicted octanol–water partition coefficient (Wildman–Crippen LogP) is 3.65. The summed E-state index contributed by atoms with van der Waals surface area (Å²) >= 11 is 0. The Kier molecular flexibility index (Phi) is 15.7. The van der Waals surface area contributed by atoms with Crippen LogP contribution < -0.4 is 0 Å². The lowest BCUT2D eigenvalue weighted by Crippen LogP contribution is -2.53. The molecule has 0 spiro atoms. The van der Waals surface area contributed by atoms with Crippen LogP contribution in [-0.4, -0.2) is 128 Å². The molecule has 0 saturated carbocycles. The number of hydrogen-bond donors (Lipinski definition) is 3. The molecular weight excluding hydrogens is 464 g/mol. The van der Waals surface area contributed by atoms with Gasteiger partial charge in [-0.2, -0.15) is 0 Å². The lowest BCUT2D eigenvalue weighted by molar-refractivity contribution is -0.0161. The largest absolute Gasteiger partial charge is 0.392 e. The third-order valence-corrected chi connectivity index (χ3v) is 8.42. The minimum absolute atomic E-state index is 0.0441. The Balaban J connectivity index is 0.000000248. The maximum Gasteiger partial charge on any atom is 0.0794 e. The lowest BCUT2D eigenvalue weighted by Gasteiger charge is -2.38. The summed E-state index contributed by atoms with van der Waals surface area (Å²) in [6.07, 6.45) is 4.47. The molecule has 4 aliphatic heterocycles. The topological polar surface area (TPSA) is 73.7 Å². The number of aliphatic hydroxyl groups excluding tert-OH is 3. The van der Waals surface area contributed by atoms with Crippen molar-refractivity contribution in [2.24, 2.45) is 0 Å². The highest BCUT2D eigenvalue weighted by Crippen LogP contribution is 2.20. The van der Waals surface area contributed by atoms with E-state index < -0.39 is 0 Å². The van der Waals surface area contributed by atoms with Crippen LogP contribution in [0, 0.1) is 0 Å². The number of likely N-dealkylation sites (tertiary alicyclic amines) is 4. The third-order valence-electron chi connectivity index (χ3n) is 8.42. The van der Waals surface area contributed by atoms with Gasteiger partial charge in [0, 0.05) is 68.5 Å². The SMILES string of the molecule is CC(C)N1CC(O)C1.CC(C)N1CCC[C@H]1C.CC(C)N1C[C@H](O)C[C@@H]1C.CC(C)N1C[C@H](O)C[C@H]1C. The van der Waals surface area contributed by atoms with Gasteiger partial charge in [0.25, 0.3) is 0 Å². The molecule has 0 aromatic heterocycles. The molecule has 3 N–H and O–H groups in total. The first-order valence-corrected chi connectivity index (χ1v) is 15.2. The van der Waals surface area contributed by atoms with Crippen molar-refractivity contribution in [3.05, 3.63) is 0 Å². The van der Waals surface area contributed by atoms with Gasteiger partial charge in [0.05, 0.1) is 18.3 Å². The molecule has 7 nitrogen and oxygen atoms in total. The molecule has 4 rings (SSSR count).